The molecule has 1 aliphatic carbocycles. The van der Waals surface area contributed by atoms with Gasteiger partial charge < -0.3 is 9.73 Å². The van der Waals surface area contributed by atoms with Crippen LogP contribution in [0.2, 0.25) is 0 Å². The highest BCUT2D eigenvalue weighted by Gasteiger charge is 2.18. The first-order valence-electron chi connectivity index (χ1n) is 7.65. The molecule has 0 unspecified atom stereocenters. The SMILES string of the molecule is Cc1ccc(C=C(CNC(C)C)C2CCCCC2)o1. The lowest BCUT2D eigenvalue weighted by Crippen LogP contribution is -2.27. The van der Waals surface area contributed by atoms with Crippen molar-refractivity contribution in [2.24, 2.45) is 5.92 Å². The fraction of sp³-hybridized carbons (Fsp3) is 0.647. The van der Waals surface area contributed by atoms with Crippen LogP contribution in [0, 0.1) is 12.8 Å². The van der Waals surface area contributed by atoms with Crippen LogP contribution in [-0.2, 0) is 0 Å². The molecule has 106 valence electrons. The minimum atomic E-state index is 0.533. The van der Waals surface area contributed by atoms with Crippen LogP contribution in [0.3, 0.4) is 0 Å². The van der Waals surface area contributed by atoms with Crippen LogP contribution >= 0.6 is 0 Å². The van der Waals surface area contributed by atoms with E-state index in [1.165, 1.54) is 37.7 Å². The van der Waals surface area contributed by atoms with Crippen molar-refractivity contribution < 1.29 is 4.42 Å². The summed E-state index contributed by atoms with van der Waals surface area (Å²) >= 11 is 0. The Morgan fingerprint density at radius 2 is 2.05 bits per heavy atom. The smallest absolute Gasteiger partial charge is 0.127 e. The van der Waals surface area contributed by atoms with Gasteiger partial charge in [0.2, 0.25) is 0 Å². The maximum Gasteiger partial charge on any atom is 0.127 e. The molecule has 1 aromatic heterocycles. The maximum absolute atomic E-state index is 5.71. The van der Waals surface area contributed by atoms with Gasteiger partial charge in [0.05, 0.1) is 0 Å². The molecule has 0 saturated heterocycles. The monoisotopic (exact) mass is 261 g/mol. The minimum Gasteiger partial charge on any atom is -0.462 e. The topological polar surface area (TPSA) is 25.2 Å². The number of nitrogens with one attached hydrogen (secondary N) is 1. The molecule has 0 spiro atoms. The lowest BCUT2D eigenvalue weighted by atomic mass is 9.83. The molecule has 2 heteroatoms. The average molecular weight is 261 g/mol. The van der Waals surface area contributed by atoms with Crippen LogP contribution in [0.25, 0.3) is 6.08 Å². The van der Waals surface area contributed by atoms with Gasteiger partial charge in [-0.25, -0.2) is 0 Å². The average Bonchev–Trinajstić information content (AvgIpc) is 2.81. The zero-order chi connectivity index (χ0) is 13.7. The van der Waals surface area contributed by atoms with Gasteiger partial charge in [-0.3, -0.25) is 0 Å². The summed E-state index contributed by atoms with van der Waals surface area (Å²) in [5.41, 5.74) is 1.52. The van der Waals surface area contributed by atoms with Crippen LogP contribution in [0.1, 0.15) is 57.5 Å². The molecule has 1 aliphatic rings. The lowest BCUT2D eigenvalue weighted by Gasteiger charge is -2.25. The zero-order valence-corrected chi connectivity index (χ0v) is 12.5. The second kappa shape index (κ2) is 6.95. The van der Waals surface area contributed by atoms with Gasteiger partial charge in [-0.05, 0) is 49.5 Å². The van der Waals surface area contributed by atoms with E-state index in [1.807, 2.05) is 13.0 Å². The highest BCUT2D eigenvalue weighted by Crippen LogP contribution is 2.30. The van der Waals surface area contributed by atoms with E-state index in [0.717, 1.165) is 24.0 Å². The Kier molecular flexibility index (Phi) is 5.26. The van der Waals surface area contributed by atoms with Crippen LogP contribution in [0.5, 0.6) is 0 Å². The molecule has 0 radical (unpaired) electrons. The third-order valence-electron chi connectivity index (χ3n) is 3.93. The van der Waals surface area contributed by atoms with Crippen molar-refractivity contribution in [3.05, 3.63) is 29.2 Å². The summed E-state index contributed by atoms with van der Waals surface area (Å²) in [6.45, 7) is 7.40. The second-order valence-electron chi connectivity index (χ2n) is 6.04. The van der Waals surface area contributed by atoms with E-state index in [-0.39, 0.29) is 0 Å². The molecule has 1 N–H and O–H groups in total. The van der Waals surface area contributed by atoms with E-state index in [0.29, 0.717) is 6.04 Å². The summed E-state index contributed by atoms with van der Waals surface area (Å²) in [5, 5.41) is 3.56. The molecule has 1 saturated carbocycles. The van der Waals surface area contributed by atoms with Gasteiger partial charge in [0.15, 0.2) is 0 Å². The fourth-order valence-electron chi connectivity index (χ4n) is 2.82. The third-order valence-corrected chi connectivity index (χ3v) is 3.93. The number of hydrogen-bond donors (Lipinski definition) is 1. The Morgan fingerprint density at radius 3 is 2.63 bits per heavy atom. The van der Waals surface area contributed by atoms with Gasteiger partial charge in [0.1, 0.15) is 11.5 Å². The maximum atomic E-state index is 5.71. The van der Waals surface area contributed by atoms with Crippen molar-refractivity contribution in [2.45, 2.75) is 58.9 Å². The van der Waals surface area contributed by atoms with E-state index < -0.39 is 0 Å². The van der Waals surface area contributed by atoms with Crippen LogP contribution in [0.15, 0.2) is 22.1 Å². The van der Waals surface area contributed by atoms with Crippen LogP contribution in [0.4, 0.5) is 0 Å². The molecule has 2 nitrogen and oxygen atoms in total. The Morgan fingerprint density at radius 1 is 1.32 bits per heavy atom. The second-order valence-corrected chi connectivity index (χ2v) is 6.04. The van der Waals surface area contributed by atoms with E-state index in [9.17, 15) is 0 Å². The van der Waals surface area contributed by atoms with E-state index in [4.69, 9.17) is 4.42 Å². The van der Waals surface area contributed by atoms with Gasteiger partial charge in [-0.15, -0.1) is 0 Å². The van der Waals surface area contributed by atoms with E-state index >= 15 is 0 Å². The lowest BCUT2D eigenvalue weighted by molar-refractivity contribution is 0.393. The summed E-state index contributed by atoms with van der Waals surface area (Å²) in [5.74, 6) is 2.74. The van der Waals surface area contributed by atoms with Crippen LogP contribution < -0.4 is 5.32 Å². The molecular weight excluding hydrogens is 234 g/mol. The summed E-state index contributed by atoms with van der Waals surface area (Å²) < 4.78 is 5.71. The molecule has 1 aromatic rings. The normalized spacial score (nSPS) is 18.2. The van der Waals surface area contributed by atoms with Gasteiger partial charge in [-0.2, -0.15) is 0 Å². The molecule has 0 atom stereocenters. The molecule has 0 aromatic carbocycles. The van der Waals surface area contributed by atoms with Crippen molar-refractivity contribution >= 4 is 6.08 Å². The molecule has 0 aliphatic heterocycles. The number of aryl methyl sites for hydroxylation is 1. The standard InChI is InChI=1S/C17H27NO/c1-13(2)18-12-16(15-7-5-4-6-8-15)11-17-10-9-14(3)19-17/h9-11,13,15,18H,4-8,12H2,1-3H3. The predicted molar refractivity (Wildman–Crippen MR) is 81.1 cm³/mol. The van der Waals surface area contributed by atoms with E-state index in [2.05, 4.69) is 31.3 Å². The third kappa shape index (κ3) is 4.54. The van der Waals surface area contributed by atoms with Crippen molar-refractivity contribution in [1.29, 1.82) is 0 Å². The number of hydrogen-bond acceptors (Lipinski definition) is 2. The quantitative estimate of drug-likeness (QED) is 0.841. The molecule has 2 rings (SSSR count). The summed E-state index contributed by atoms with van der Waals surface area (Å²) in [4.78, 5) is 0. The van der Waals surface area contributed by atoms with Crippen molar-refractivity contribution in [1.82, 2.24) is 5.32 Å². The molecule has 1 fully saturated rings. The molecule has 0 bridgehead atoms. The molecule has 1 heterocycles. The molecule has 19 heavy (non-hydrogen) atoms. The summed E-state index contributed by atoms with van der Waals surface area (Å²) in [7, 11) is 0. The van der Waals surface area contributed by atoms with E-state index in [1.54, 1.807) is 0 Å². The first-order chi connectivity index (χ1) is 9.15. The van der Waals surface area contributed by atoms with Gasteiger partial charge in [-0.1, -0.05) is 33.1 Å². The summed E-state index contributed by atoms with van der Waals surface area (Å²) in [6.07, 6.45) is 9.10. The number of rotatable bonds is 5. The summed E-state index contributed by atoms with van der Waals surface area (Å²) in [6, 6.07) is 4.65. The predicted octanol–water partition coefficient (Wildman–Crippen LogP) is 4.55. The Balaban J connectivity index is 2.10. The fourth-order valence-corrected chi connectivity index (χ4v) is 2.82. The zero-order valence-electron chi connectivity index (χ0n) is 12.5. The first-order valence-corrected chi connectivity index (χ1v) is 7.65. The van der Waals surface area contributed by atoms with Gasteiger partial charge in [0, 0.05) is 12.6 Å². The Labute approximate surface area is 117 Å². The van der Waals surface area contributed by atoms with Crippen molar-refractivity contribution in [2.75, 3.05) is 6.54 Å². The highest BCUT2D eigenvalue weighted by atomic mass is 16.3. The van der Waals surface area contributed by atoms with Crippen molar-refractivity contribution in [3.63, 3.8) is 0 Å². The number of furan rings is 1. The van der Waals surface area contributed by atoms with Gasteiger partial charge >= 0.3 is 0 Å². The Hall–Kier alpha value is -1.02. The minimum absolute atomic E-state index is 0.533. The molecule has 0 amide bonds. The largest absolute Gasteiger partial charge is 0.462 e. The van der Waals surface area contributed by atoms with Gasteiger partial charge in [0.25, 0.3) is 0 Å². The first kappa shape index (κ1) is 14.4. The molecular formula is C17H27NO. The Bertz CT molecular complexity index is 411. The van der Waals surface area contributed by atoms with Crippen molar-refractivity contribution in [3.8, 4) is 0 Å². The highest BCUT2D eigenvalue weighted by molar-refractivity contribution is 5.49. The van der Waals surface area contributed by atoms with Crippen LogP contribution in [-0.4, -0.2) is 12.6 Å².